The lowest BCUT2D eigenvalue weighted by Gasteiger charge is -2.18. The van der Waals surface area contributed by atoms with Gasteiger partial charge >= 0.3 is 6.18 Å². The van der Waals surface area contributed by atoms with Gasteiger partial charge in [-0.05, 0) is 31.5 Å². The third-order valence-electron chi connectivity index (χ3n) is 2.31. The Morgan fingerprint density at radius 3 is 2.12 bits per heavy atom. The molecule has 1 aromatic carbocycles. The molecule has 0 unspecified atom stereocenters. The molecule has 16 heavy (non-hydrogen) atoms. The van der Waals surface area contributed by atoms with E-state index in [1.807, 2.05) is 0 Å². The van der Waals surface area contributed by atoms with Crippen LogP contribution in [0.4, 0.5) is 17.6 Å². The zero-order valence-electron chi connectivity index (χ0n) is 8.73. The Labute approximate surface area is 90.1 Å². The summed E-state index contributed by atoms with van der Waals surface area (Å²) < 4.78 is 49.9. The Morgan fingerprint density at radius 1 is 1.19 bits per heavy atom. The lowest BCUT2D eigenvalue weighted by Crippen LogP contribution is -2.20. The average molecular weight is 234 g/mol. The molecule has 0 amide bonds. The van der Waals surface area contributed by atoms with E-state index >= 15 is 0 Å². The minimum Gasteiger partial charge on any atom is -0.302 e. The summed E-state index contributed by atoms with van der Waals surface area (Å²) in [5, 5.41) is 0. The number of hydrogen-bond donors (Lipinski definition) is 0. The summed E-state index contributed by atoms with van der Waals surface area (Å²) in [4.78, 5) is 10.7. The van der Waals surface area contributed by atoms with Crippen molar-refractivity contribution in [2.45, 2.75) is 25.4 Å². The minimum atomic E-state index is -4.71. The Hall–Kier alpha value is -1.39. The zero-order chi connectivity index (χ0) is 12.6. The second kappa shape index (κ2) is 3.88. The van der Waals surface area contributed by atoms with Crippen molar-refractivity contribution in [3.63, 3.8) is 0 Å². The molecule has 0 saturated carbocycles. The number of carbonyl (C=O) groups excluding carboxylic acids is 1. The first kappa shape index (κ1) is 12.7. The monoisotopic (exact) mass is 234 g/mol. The van der Waals surface area contributed by atoms with Crippen molar-refractivity contribution in [1.29, 1.82) is 0 Å². The molecule has 1 aromatic rings. The van der Waals surface area contributed by atoms with E-state index in [-0.39, 0.29) is 5.56 Å². The summed E-state index contributed by atoms with van der Waals surface area (Å²) in [5.74, 6) is -1.36. The third kappa shape index (κ3) is 2.40. The van der Waals surface area contributed by atoms with Gasteiger partial charge < -0.3 is 4.79 Å². The first-order chi connectivity index (χ1) is 7.18. The van der Waals surface area contributed by atoms with Gasteiger partial charge in [-0.1, -0.05) is 6.07 Å². The van der Waals surface area contributed by atoms with E-state index in [0.29, 0.717) is 12.4 Å². The average Bonchev–Trinajstić information content (AvgIpc) is 2.15. The van der Waals surface area contributed by atoms with Crippen LogP contribution in [0.3, 0.4) is 0 Å². The molecular weight excluding hydrogens is 224 g/mol. The molecule has 0 bridgehead atoms. The van der Waals surface area contributed by atoms with Gasteiger partial charge in [0, 0.05) is 5.41 Å². The quantitative estimate of drug-likeness (QED) is 0.566. The van der Waals surface area contributed by atoms with E-state index in [1.165, 1.54) is 13.8 Å². The standard InChI is InChI=1S/C11H10F4O/c1-10(2,6-16)7-3-4-8(9(12)5-7)11(13,14)15/h3-6H,1-2H3. The molecule has 0 saturated heterocycles. The maximum atomic E-state index is 13.2. The molecule has 0 spiro atoms. The maximum absolute atomic E-state index is 13.2. The number of benzene rings is 1. The number of alkyl halides is 3. The van der Waals surface area contributed by atoms with Crippen LogP contribution in [-0.4, -0.2) is 6.29 Å². The van der Waals surface area contributed by atoms with Crippen LogP contribution in [0.25, 0.3) is 0 Å². The van der Waals surface area contributed by atoms with Crippen LogP contribution in [0.5, 0.6) is 0 Å². The zero-order valence-corrected chi connectivity index (χ0v) is 8.73. The second-order valence-corrected chi connectivity index (χ2v) is 4.03. The second-order valence-electron chi connectivity index (χ2n) is 4.03. The molecule has 0 aliphatic heterocycles. The molecule has 0 radical (unpaired) electrons. The van der Waals surface area contributed by atoms with Crippen LogP contribution in [0.15, 0.2) is 18.2 Å². The molecule has 1 nitrogen and oxygen atoms in total. The van der Waals surface area contributed by atoms with Gasteiger partial charge in [0.25, 0.3) is 0 Å². The molecule has 1 rings (SSSR count). The van der Waals surface area contributed by atoms with Gasteiger partial charge in [-0.25, -0.2) is 4.39 Å². The lowest BCUT2D eigenvalue weighted by atomic mass is 9.86. The first-order valence-corrected chi connectivity index (χ1v) is 4.52. The summed E-state index contributed by atoms with van der Waals surface area (Å²) in [6, 6.07) is 2.51. The summed E-state index contributed by atoms with van der Waals surface area (Å²) >= 11 is 0. The number of rotatable bonds is 2. The van der Waals surface area contributed by atoms with Crippen molar-refractivity contribution >= 4 is 6.29 Å². The highest BCUT2D eigenvalue weighted by atomic mass is 19.4. The Morgan fingerprint density at radius 2 is 1.75 bits per heavy atom. The van der Waals surface area contributed by atoms with E-state index in [0.717, 1.165) is 12.1 Å². The van der Waals surface area contributed by atoms with Crippen molar-refractivity contribution in [3.05, 3.63) is 35.1 Å². The maximum Gasteiger partial charge on any atom is 0.419 e. The number of halogens is 4. The van der Waals surface area contributed by atoms with Crippen molar-refractivity contribution < 1.29 is 22.4 Å². The van der Waals surface area contributed by atoms with Crippen LogP contribution in [0.2, 0.25) is 0 Å². The van der Waals surface area contributed by atoms with Crippen LogP contribution >= 0.6 is 0 Å². The Bertz CT molecular complexity index is 407. The predicted octanol–water partition coefficient (Wildman–Crippen LogP) is 3.32. The fourth-order valence-corrected chi connectivity index (χ4v) is 1.21. The van der Waals surface area contributed by atoms with Crippen molar-refractivity contribution in [2.24, 2.45) is 0 Å². The highest BCUT2D eigenvalue weighted by molar-refractivity contribution is 5.67. The third-order valence-corrected chi connectivity index (χ3v) is 2.31. The first-order valence-electron chi connectivity index (χ1n) is 4.52. The molecule has 0 atom stereocenters. The molecule has 0 fully saturated rings. The fraction of sp³-hybridized carbons (Fsp3) is 0.364. The SMILES string of the molecule is CC(C)(C=O)c1ccc(C(F)(F)F)c(F)c1. The number of hydrogen-bond acceptors (Lipinski definition) is 1. The molecular formula is C11H10F4O. The van der Waals surface area contributed by atoms with Crippen molar-refractivity contribution in [3.8, 4) is 0 Å². The van der Waals surface area contributed by atoms with E-state index < -0.39 is 23.0 Å². The van der Waals surface area contributed by atoms with Crippen molar-refractivity contribution in [2.75, 3.05) is 0 Å². The van der Waals surface area contributed by atoms with E-state index in [4.69, 9.17) is 0 Å². The summed E-state index contributed by atoms with van der Waals surface area (Å²) in [7, 11) is 0. The van der Waals surface area contributed by atoms with Gasteiger partial charge in [0.2, 0.25) is 0 Å². The van der Waals surface area contributed by atoms with Crippen LogP contribution in [0, 0.1) is 5.82 Å². The largest absolute Gasteiger partial charge is 0.419 e. The van der Waals surface area contributed by atoms with Gasteiger partial charge in [0.15, 0.2) is 0 Å². The molecule has 88 valence electrons. The van der Waals surface area contributed by atoms with Crippen molar-refractivity contribution in [1.82, 2.24) is 0 Å². The Balaban J connectivity index is 3.25. The van der Waals surface area contributed by atoms with Crippen LogP contribution in [0.1, 0.15) is 25.0 Å². The van der Waals surface area contributed by atoms with Gasteiger partial charge in [0.1, 0.15) is 12.1 Å². The topological polar surface area (TPSA) is 17.1 Å². The smallest absolute Gasteiger partial charge is 0.302 e. The normalized spacial score (nSPS) is 12.6. The molecule has 0 heterocycles. The summed E-state index contributed by atoms with van der Waals surface area (Å²) in [5.41, 5.74) is -2.10. The van der Waals surface area contributed by atoms with E-state index in [1.54, 1.807) is 0 Å². The summed E-state index contributed by atoms with van der Waals surface area (Å²) in [6.07, 6.45) is -4.15. The molecule has 0 aromatic heterocycles. The van der Waals surface area contributed by atoms with Crippen LogP contribution in [-0.2, 0) is 16.4 Å². The molecule has 0 aliphatic carbocycles. The molecule has 0 aliphatic rings. The minimum absolute atomic E-state index is 0.216. The number of aldehydes is 1. The number of carbonyl (C=O) groups is 1. The summed E-state index contributed by atoms with van der Waals surface area (Å²) in [6.45, 7) is 3.00. The lowest BCUT2D eigenvalue weighted by molar-refractivity contribution is -0.140. The van der Waals surface area contributed by atoms with Gasteiger partial charge in [-0.15, -0.1) is 0 Å². The van der Waals surface area contributed by atoms with E-state index in [9.17, 15) is 22.4 Å². The van der Waals surface area contributed by atoms with Gasteiger partial charge in [0.05, 0.1) is 5.56 Å². The van der Waals surface area contributed by atoms with Gasteiger partial charge in [-0.2, -0.15) is 13.2 Å². The van der Waals surface area contributed by atoms with Gasteiger partial charge in [-0.3, -0.25) is 0 Å². The fourth-order valence-electron chi connectivity index (χ4n) is 1.21. The molecule has 5 heteroatoms. The Kier molecular flexibility index (Phi) is 3.08. The highest BCUT2D eigenvalue weighted by Gasteiger charge is 2.34. The highest BCUT2D eigenvalue weighted by Crippen LogP contribution is 2.33. The molecule has 0 N–H and O–H groups in total. The van der Waals surface area contributed by atoms with Crippen LogP contribution < -0.4 is 0 Å². The van der Waals surface area contributed by atoms with E-state index in [2.05, 4.69) is 0 Å². The predicted molar refractivity (Wildman–Crippen MR) is 50.5 cm³/mol.